The summed E-state index contributed by atoms with van der Waals surface area (Å²) in [5.74, 6) is -2.15. The van der Waals surface area contributed by atoms with Gasteiger partial charge in [0.25, 0.3) is 0 Å². The summed E-state index contributed by atoms with van der Waals surface area (Å²) in [4.78, 5) is 28.8. The summed E-state index contributed by atoms with van der Waals surface area (Å²) in [5.41, 5.74) is 0.626. The van der Waals surface area contributed by atoms with Crippen LogP contribution in [0.5, 0.6) is 0 Å². The van der Waals surface area contributed by atoms with Gasteiger partial charge in [0.2, 0.25) is 5.91 Å². The van der Waals surface area contributed by atoms with Crippen LogP contribution < -0.4 is 5.32 Å². The van der Waals surface area contributed by atoms with Crippen LogP contribution in [0.1, 0.15) is 30.8 Å². The Kier molecular flexibility index (Phi) is 2.67. The standard InChI is InChI=1S/C13H16N2O3S/c1-13(2)8(9(13)11(17)18)10(16)15-12-14-6-4-3-5-7(6)19-12/h8-9H,3-5H2,1-2H3,(H,17,18)(H,14,15,16). The molecular weight excluding hydrogens is 264 g/mol. The van der Waals surface area contributed by atoms with Gasteiger partial charge in [0, 0.05) is 4.88 Å². The van der Waals surface area contributed by atoms with E-state index in [0.717, 1.165) is 25.0 Å². The number of hydrogen-bond acceptors (Lipinski definition) is 4. The lowest BCUT2D eigenvalue weighted by Gasteiger charge is -2.02. The molecule has 1 heterocycles. The molecule has 2 atom stereocenters. The molecule has 5 nitrogen and oxygen atoms in total. The molecule has 0 radical (unpaired) electrons. The Labute approximate surface area is 115 Å². The van der Waals surface area contributed by atoms with Gasteiger partial charge < -0.3 is 10.4 Å². The first-order valence-corrected chi connectivity index (χ1v) is 7.25. The second-order valence-corrected chi connectivity index (χ2v) is 6.93. The molecule has 6 heteroatoms. The van der Waals surface area contributed by atoms with Gasteiger partial charge in [0.15, 0.2) is 5.13 Å². The maximum Gasteiger partial charge on any atom is 0.307 e. The highest BCUT2D eigenvalue weighted by atomic mass is 32.1. The molecule has 0 saturated heterocycles. The van der Waals surface area contributed by atoms with Gasteiger partial charge in [-0.1, -0.05) is 13.8 Å². The van der Waals surface area contributed by atoms with E-state index < -0.39 is 23.2 Å². The van der Waals surface area contributed by atoms with Crippen LogP contribution >= 0.6 is 11.3 Å². The number of amides is 1. The summed E-state index contributed by atoms with van der Waals surface area (Å²) in [6, 6.07) is 0. The number of aliphatic carboxylic acids is 1. The van der Waals surface area contributed by atoms with Crippen molar-refractivity contribution < 1.29 is 14.7 Å². The summed E-state index contributed by atoms with van der Waals surface area (Å²) < 4.78 is 0. The molecule has 0 bridgehead atoms. The van der Waals surface area contributed by atoms with Crippen molar-refractivity contribution >= 4 is 28.3 Å². The van der Waals surface area contributed by atoms with Gasteiger partial charge in [-0.05, 0) is 24.7 Å². The molecule has 3 rings (SSSR count). The maximum atomic E-state index is 12.1. The number of fused-ring (bicyclic) bond motifs is 1. The van der Waals surface area contributed by atoms with Gasteiger partial charge in [-0.2, -0.15) is 0 Å². The Morgan fingerprint density at radius 3 is 2.68 bits per heavy atom. The molecule has 2 N–H and O–H groups in total. The summed E-state index contributed by atoms with van der Waals surface area (Å²) in [6.07, 6.45) is 3.16. The SMILES string of the molecule is CC1(C)C(C(=O)O)C1C(=O)Nc1nc2c(s1)CCC2. The Morgan fingerprint density at radius 2 is 2.11 bits per heavy atom. The van der Waals surface area contributed by atoms with E-state index in [0.29, 0.717) is 5.13 Å². The van der Waals surface area contributed by atoms with Crippen LogP contribution in [-0.4, -0.2) is 22.0 Å². The largest absolute Gasteiger partial charge is 0.481 e. The predicted molar refractivity (Wildman–Crippen MR) is 71.2 cm³/mol. The number of nitrogens with zero attached hydrogens (tertiary/aromatic N) is 1. The second-order valence-electron chi connectivity index (χ2n) is 5.85. The summed E-state index contributed by atoms with van der Waals surface area (Å²) in [6.45, 7) is 3.63. The van der Waals surface area contributed by atoms with Gasteiger partial charge in [0.1, 0.15) is 0 Å². The monoisotopic (exact) mass is 280 g/mol. The van der Waals surface area contributed by atoms with Crippen LogP contribution in [0.4, 0.5) is 5.13 Å². The lowest BCUT2D eigenvalue weighted by Crippen LogP contribution is -2.17. The molecule has 1 fully saturated rings. The van der Waals surface area contributed by atoms with E-state index in [1.807, 2.05) is 13.8 Å². The van der Waals surface area contributed by atoms with Crippen molar-refractivity contribution in [2.75, 3.05) is 5.32 Å². The number of hydrogen-bond donors (Lipinski definition) is 2. The molecule has 1 saturated carbocycles. The molecule has 0 aromatic carbocycles. The molecule has 1 aromatic rings. The predicted octanol–water partition coefficient (Wildman–Crippen LogP) is 1.93. The van der Waals surface area contributed by atoms with Crippen LogP contribution in [-0.2, 0) is 22.4 Å². The van der Waals surface area contributed by atoms with Gasteiger partial charge >= 0.3 is 5.97 Å². The van der Waals surface area contributed by atoms with Crippen LogP contribution in [0, 0.1) is 17.3 Å². The van der Waals surface area contributed by atoms with Crippen molar-refractivity contribution in [3.63, 3.8) is 0 Å². The average molecular weight is 280 g/mol. The topological polar surface area (TPSA) is 79.3 Å². The molecule has 2 unspecified atom stereocenters. The minimum atomic E-state index is -0.896. The van der Waals surface area contributed by atoms with Crippen molar-refractivity contribution in [1.29, 1.82) is 0 Å². The van der Waals surface area contributed by atoms with Crippen molar-refractivity contribution in [2.24, 2.45) is 17.3 Å². The highest BCUT2D eigenvalue weighted by molar-refractivity contribution is 7.15. The quantitative estimate of drug-likeness (QED) is 0.886. The number of carboxylic acids is 1. The molecule has 2 aliphatic carbocycles. The summed E-state index contributed by atoms with van der Waals surface area (Å²) in [7, 11) is 0. The first kappa shape index (κ1) is 12.6. The van der Waals surface area contributed by atoms with Gasteiger partial charge in [-0.25, -0.2) is 4.98 Å². The van der Waals surface area contributed by atoms with Gasteiger partial charge in [-0.15, -0.1) is 11.3 Å². The molecule has 2 aliphatic rings. The van der Waals surface area contributed by atoms with Crippen molar-refractivity contribution in [3.05, 3.63) is 10.6 Å². The minimum Gasteiger partial charge on any atom is -0.481 e. The Hall–Kier alpha value is -1.43. The molecule has 1 aromatic heterocycles. The zero-order chi connectivity index (χ0) is 13.8. The third-order valence-corrected chi connectivity index (χ3v) is 5.27. The fourth-order valence-electron chi connectivity index (χ4n) is 3.01. The zero-order valence-electron chi connectivity index (χ0n) is 10.9. The molecule has 19 heavy (non-hydrogen) atoms. The number of aryl methyl sites for hydroxylation is 2. The third kappa shape index (κ3) is 1.94. The fourth-order valence-corrected chi connectivity index (χ4v) is 4.07. The van der Waals surface area contributed by atoms with Crippen LogP contribution in [0.2, 0.25) is 0 Å². The minimum absolute atomic E-state index is 0.218. The molecule has 0 aliphatic heterocycles. The number of carbonyl (C=O) groups is 2. The number of rotatable bonds is 3. The normalized spacial score (nSPS) is 26.8. The van der Waals surface area contributed by atoms with Crippen LogP contribution in [0.15, 0.2) is 0 Å². The van der Waals surface area contributed by atoms with E-state index in [4.69, 9.17) is 5.11 Å². The molecular formula is C13H16N2O3S. The number of anilines is 1. The molecule has 0 spiro atoms. The maximum absolute atomic E-state index is 12.1. The average Bonchev–Trinajstić information content (AvgIpc) is 2.63. The van der Waals surface area contributed by atoms with Gasteiger partial charge in [-0.3, -0.25) is 9.59 Å². The number of carbonyl (C=O) groups excluding carboxylic acids is 1. The summed E-state index contributed by atoms with van der Waals surface area (Å²) >= 11 is 1.51. The van der Waals surface area contributed by atoms with E-state index in [1.165, 1.54) is 16.2 Å². The van der Waals surface area contributed by atoms with Crippen molar-refractivity contribution in [3.8, 4) is 0 Å². The van der Waals surface area contributed by atoms with Crippen molar-refractivity contribution in [1.82, 2.24) is 4.98 Å². The fraction of sp³-hybridized carbons (Fsp3) is 0.615. The highest BCUT2D eigenvalue weighted by Crippen LogP contribution is 2.58. The highest BCUT2D eigenvalue weighted by Gasteiger charge is 2.66. The Balaban J connectivity index is 1.70. The van der Waals surface area contributed by atoms with E-state index in [1.54, 1.807) is 0 Å². The van der Waals surface area contributed by atoms with E-state index in [-0.39, 0.29) is 5.91 Å². The number of thiazole rings is 1. The number of aromatic nitrogens is 1. The summed E-state index contributed by atoms with van der Waals surface area (Å²) in [5, 5.41) is 12.5. The van der Waals surface area contributed by atoms with Crippen molar-refractivity contribution in [2.45, 2.75) is 33.1 Å². The molecule has 1 amide bonds. The second kappa shape index (κ2) is 4.03. The first-order valence-electron chi connectivity index (χ1n) is 6.43. The number of carboxylic acid groups (broad SMARTS) is 1. The van der Waals surface area contributed by atoms with Crippen LogP contribution in [0.25, 0.3) is 0 Å². The van der Waals surface area contributed by atoms with Gasteiger partial charge in [0.05, 0.1) is 17.5 Å². The molecule has 102 valence electrons. The lowest BCUT2D eigenvalue weighted by molar-refractivity contribution is -0.140. The Bertz CT molecular complexity index is 543. The smallest absolute Gasteiger partial charge is 0.307 e. The third-order valence-electron chi connectivity index (χ3n) is 4.20. The van der Waals surface area contributed by atoms with E-state index >= 15 is 0 Å². The van der Waals surface area contributed by atoms with E-state index in [2.05, 4.69) is 10.3 Å². The number of nitrogens with one attached hydrogen (secondary N) is 1. The lowest BCUT2D eigenvalue weighted by atomic mass is 10.1. The van der Waals surface area contributed by atoms with E-state index in [9.17, 15) is 9.59 Å². The Morgan fingerprint density at radius 1 is 1.37 bits per heavy atom. The zero-order valence-corrected chi connectivity index (χ0v) is 11.7. The van der Waals surface area contributed by atoms with Crippen LogP contribution in [0.3, 0.4) is 0 Å². The first-order chi connectivity index (χ1) is 8.91.